The number of rotatable bonds is 4. The lowest BCUT2D eigenvalue weighted by Crippen LogP contribution is -2.23. The van der Waals surface area contributed by atoms with Crippen molar-refractivity contribution in [3.63, 3.8) is 0 Å². The molecule has 4 heteroatoms. The molecule has 1 unspecified atom stereocenters. The Hall–Kier alpha value is -1.42. The Morgan fingerprint density at radius 2 is 2.00 bits per heavy atom. The lowest BCUT2D eigenvalue weighted by Gasteiger charge is -2.20. The van der Waals surface area contributed by atoms with E-state index in [0.717, 1.165) is 30.2 Å². The fourth-order valence-corrected chi connectivity index (χ4v) is 2.53. The molecule has 0 amide bonds. The van der Waals surface area contributed by atoms with E-state index in [9.17, 15) is 0 Å². The standard InChI is InChI=1S/C15H24N2O2/c1-17-9-4-5-12(8-10-17)16-14-11-13(18-2)6-7-15(14)19-3/h6-7,11-12,16H,4-5,8-10H2,1-3H3. The van der Waals surface area contributed by atoms with Crippen molar-refractivity contribution in [3.05, 3.63) is 18.2 Å². The Labute approximate surface area is 115 Å². The van der Waals surface area contributed by atoms with E-state index in [1.165, 1.54) is 19.4 Å². The lowest BCUT2D eigenvalue weighted by atomic mass is 10.1. The summed E-state index contributed by atoms with van der Waals surface area (Å²) in [6, 6.07) is 6.38. The fourth-order valence-electron chi connectivity index (χ4n) is 2.53. The Balaban J connectivity index is 2.08. The number of hydrogen-bond acceptors (Lipinski definition) is 4. The predicted octanol–water partition coefficient (Wildman–Crippen LogP) is 2.60. The summed E-state index contributed by atoms with van der Waals surface area (Å²) in [6.45, 7) is 2.33. The lowest BCUT2D eigenvalue weighted by molar-refractivity contribution is 0.348. The van der Waals surface area contributed by atoms with Crippen LogP contribution in [0.15, 0.2) is 18.2 Å². The van der Waals surface area contributed by atoms with Gasteiger partial charge >= 0.3 is 0 Å². The van der Waals surface area contributed by atoms with E-state index in [2.05, 4.69) is 17.3 Å². The molecule has 1 aliphatic heterocycles. The number of hydrogen-bond donors (Lipinski definition) is 1. The van der Waals surface area contributed by atoms with Crippen molar-refractivity contribution in [3.8, 4) is 11.5 Å². The first-order valence-electron chi connectivity index (χ1n) is 6.90. The van der Waals surface area contributed by atoms with Crippen molar-refractivity contribution in [2.75, 3.05) is 39.7 Å². The fraction of sp³-hybridized carbons (Fsp3) is 0.600. The van der Waals surface area contributed by atoms with Crippen LogP contribution in [0.5, 0.6) is 11.5 Å². The molecule has 4 nitrogen and oxygen atoms in total. The molecule has 1 aromatic carbocycles. The van der Waals surface area contributed by atoms with E-state index < -0.39 is 0 Å². The SMILES string of the molecule is COc1ccc(OC)c(NC2CCCN(C)CC2)c1. The summed E-state index contributed by atoms with van der Waals surface area (Å²) in [4.78, 5) is 2.39. The molecule has 1 aliphatic rings. The zero-order chi connectivity index (χ0) is 13.7. The summed E-state index contributed by atoms with van der Waals surface area (Å²) >= 11 is 0. The highest BCUT2D eigenvalue weighted by Crippen LogP contribution is 2.30. The second-order valence-electron chi connectivity index (χ2n) is 5.14. The van der Waals surface area contributed by atoms with Gasteiger partial charge in [-0.05, 0) is 51.5 Å². The summed E-state index contributed by atoms with van der Waals surface area (Å²) in [7, 11) is 5.58. The Bertz CT molecular complexity index is 409. The van der Waals surface area contributed by atoms with Crippen LogP contribution in [-0.2, 0) is 0 Å². The third-order valence-electron chi connectivity index (χ3n) is 3.72. The zero-order valence-corrected chi connectivity index (χ0v) is 12.1. The highest BCUT2D eigenvalue weighted by atomic mass is 16.5. The molecule has 0 spiro atoms. The molecular weight excluding hydrogens is 240 g/mol. The van der Waals surface area contributed by atoms with Gasteiger partial charge in [0.25, 0.3) is 0 Å². The average Bonchev–Trinajstić information content (AvgIpc) is 2.63. The van der Waals surface area contributed by atoms with Crippen molar-refractivity contribution >= 4 is 5.69 Å². The van der Waals surface area contributed by atoms with Crippen molar-refractivity contribution in [2.24, 2.45) is 0 Å². The number of methoxy groups -OCH3 is 2. The summed E-state index contributed by atoms with van der Waals surface area (Å²) < 4.78 is 10.7. The molecule has 0 radical (unpaired) electrons. The van der Waals surface area contributed by atoms with Crippen LogP contribution in [0.1, 0.15) is 19.3 Å². The van der Waals surface area contributed by atoms with Crippen molar-refractivity contribution in [1.82, 2.24) is 4.90 Å². The first-order valence-corrected chi connectivity index (χ1v) is 6.90. The predicted molar refractivity (Wildman–Crippen MR) is 78.3 cm³/mol. The molecule has 1 aromatic rings. The van der Waals surface area contributed by atoms with E-state index >= 15 is 0 Å². The molecule has 19 heavy (non-hydrogen) atoms. The van der Waals surface area contributed by atoms with Gasteiger partial charge in [-0.25, -0.2) is 0 Å². The van der Waals surface area contributed by atoms with Gasteiger partial charge in [0.2, 0.25) is 0 Å². The molecule has 0 aliphatic carbocycles. The zero-order valence-electron chi connectivity index (χ0n) is 12.1. The van der Waals surface area contributed by atoms with Gasteiger partial charge in [0.15, 0.2) is 0 Å². The quantitative estimate of drug-likeness (QED) is 0.906. The minimum absolute atomic E-state index is 0.506. The van der Waals surface area contributed by atoms with Gasteiger partial charge in [-0.2, -0.15) is 0 Å². The van der Waals surface area contributed by atoms with E-state index in [1.54, 1.807) is 14.2 Å². The second-order valence-corrected chi connectivity index (χ2v) is 5.14. The molecule has 0 aromatic heterocycles. The normalized spacial score (nSPS) is 20.7. The topological polar surface area (TPSA) is 33.7 Å². The minimum atomic E-state index is 0.506. The van der Waals surface area contributed by atoms with Crippen LogP contribution in [0.4, 0.5) is 5.69 Å². The number of nitrogens with zero attached hydrogens (tertiary/aromatic N) is 1. The monoisotopic (exact) mass is 264 g/mol. The molecule has 1 heterocycles. The molecule has 0 bridgehead atoms. The number of anilines is 1. The third kappa shape index (κ3) is 3.77. The van der Waals surface area contributed by atoms with Gasteiger partial charge < -0.3 is 19.7 Å². The first kappa shape index (κ1) is 14.0. The largest absolute Gasteiger partial charge is 0.497 e. The maximum absolute atomic E-state index is 5.41. The third-order valence-corrected chi connectivity index (χ3v) is 3.72. The molecule has 1 saturated heterocycles. The van der Waals surface area contributed by atoms with Crippen LogP contribution >= 0.6 is 0 Å². The molecule has 1 fully saturated rings. The summed E-state index contributed by atoms with van der Waals surface area (Å²) in [6.07, 6.45) is 3.60. The van der Waals surface area contributed by atoms with Crippen molar-refractivity contribution < 1.29 is 9.47 Å². The number of nitrogens with one attached hydrogen (secondary N) is 1. The molecular formula is C15H24N2O2. The van der Waals surface area contributed by atoms with Gasteiger partial charge in [0.1, 0.15) is 11.5 Å². The first-order chi connectivity index (χ1) is 9.22. The van der Waals surface area contributed by atoms with Gasteiger partial charge in [0, 0.05) is 12.1 Å². The van der Waals surface area contributed by atoms with E-state index in [-0.39, 0.29) is 0 Å². The van der Waals surface area contributed by atoms with Gasteiger partial charge in [-0.1, -0.05) is 0 Å². The van der Waals surface area contributed by atoms with Crippen molar-refractivity contribution in [1.29, 1.82) is 0 Å². The molecule has 2 rings (SSSR count). The summed E-state index contributed by atoms with van der Waals surface area (Å²) in [5, 5.41) is 3.60. The van der Waals surface area contributed by atoms with E-state index in [1.807, 2.05) is 18.2 Å². The van der Waals surface area contributed by atoms with Crippen LogP contribution in [0.2, 0.25) is 0 Å². The highest BCUT2D eigenvalue weighted by molar-refractivity contribution is 5.60. The molecule has 1 atom stereocenters. The maximum atomic E-state index is 5.41. The summed E-state index contributed by atoms with van der Waals surface area (Å²) in [5.74, 6) is 1.73. The van der Waals surface area contributed by atoms with Crippen LogP contribution in [0, 0.1) is 0 Å². The van der Waals surface area contributed by atoms with Crippen LogP contribution in [-0.4, -0.2) is 45.3 Å². The van der Waals surface area contributed by atoms with Crippen LogP contribution in [0.25, 0.3) is 0 Å². The minimum Gasteiger partial charge on any atom is -0.497 e. The van der Waals surface area contributed by atoms with E-state index in [4.69, 9.17) is 9.47 Å². The molecule has 1 N–H and O–H groups in total. The summed E-state index contributed by atoms with van der Waals surface area (Å²) in [5.41, 5.74) is 1.02. The maximum Gasteiger partial charge on any atom is 0.142 e. The smallest absolute Gasteiger partial charge is 0.142 e. The van der Waals surface area contributed by atoms with Gasteiger partial charge in [-0.3, -0.25) is 0 Å². The van der Waals surface area contributed by atoms with Crippen molar-refractivity contribution in [2.45, 2.75) is 25.3 Å². The Kier molecular flexibility index (Phi) is 4.91. The Morgan fingerprint density at radius 3 is 2.74 bits per heavy atom. The second kappa shape index (κ2) is 6.66. The van der Waals surface area contributed by atoms with Crippen LogP contribution < -0.4 is 14.8 Å². The van der Waals surface area contributed by atoms with Crippen LogP contribution in [0.3, 0.4) is 0 Å². The number of benzene rings is 1. The molecule has 0 saturated carbocycles. The van der Waals surface area contributed by atoms with Gasteiger partial charge in [0.05, 0.1) is 19.9 Å². The number of ether oxygens (including phenoxy) is 2. The molecule has 106 valence electrons. The number of likely N-dealkylation sites (tertiary alicyclic amines) is 1. The average molecular weight is 264 g/mol. The van der Waals surface area contributed by atoms with Gasteiger partial charge in [-0.15, -0.1) is 0 Å². The Morgan fingerprint density at radius 1 is 1.16 bits per heavy atom. The van der Waals surface area contributed by atoms with E-state index in [0.29, 0.717) is 6.04 Å². The highest BCUT2D eigenvalue weighted by Gasteiger charge is 2.16.